The summed E-state index contributed by atoms with van der Waals surface area (Å²) in [6.07, 6.45) is 4.41. The van der Waals surface area contributed by atoms with Crippen molar-refractivity contribution in [2.45, 2.75) is 57.1 Å². The van der Waals surface area contributed by atoms with Gasteiger partial charge in [-0.2, -0.15) is 5.10 Å². The Morgan fingerprint density at radius 2 is 1.89 bits per heavy atom. The normalized spacial score (nSPS) is 20.4. The van der Waals surface area contributed by atoms with Crippen molar-refractivity contribution in [2.75, 3.05) is 6.61 Å². The van der Waals surface area contributed by atoms with E-state index < -0.39 is 23.8 Å². The van der Waals surface area contributed by atoms with Gasteiger partial charge in [-0.3, -0.25) is 4.68 Å². The summed E-state index contributed by atoms with van der Waals surface area (Å²) in [4.78, 5) is 13.2. The SMILES string of the molecule is Cc1nc2cc([C@H]3CCO[C@@H](c4cnn(C5CC5)c4)C3)nc(-c3ccc(F)cc3F)c2nc1C(F)F. The first kappa shape index (κ1) is 23.0. The van der Waals surface area contributed by atoms with Crippen LogP contribution in [0.25, 0.3) is 22.3 Å². The highest BCUT2D eigenvalue weighted by molar-refractivity contribution is 5.89. The van der Waals surface area contributed by atoms with Gasteiger partial charge in [-0.15, -0.1) is 0 Å². The predicted octanol–water partition coefficient (Wildman–Crippen LogP) is 6.38. The monoisotopic (exact) mass is 497 g/mol. The number of benzene rings is 1. The van der Waals surface area contributed by atoms with Gasteiger partial charge in [-0.05, 0) is 50.8 Å². The molecular formula is C26H23F4N5O. The van der Waals surface area contributed by atoms with Crippen LogP contribution in [-0.4, -0.2) is 31.3 Å². The van der Waals surface area contributed by atoms with E-state index in [1.165, 1.54) is 13.0 Å². The molecule has 2 aliphatic rings. The lowest BCUT2D eigenvalue weighted by molar-refractivity contribution is 0.00462. The van der Waals surface area contributed by atoms with E-state index >= 15 is 0 Å². The molecule has 2 atom stereocenters. The summed E-state index contributed by atoms with van der Waals surface area (Å²) in [7, 11) is 0. The van der Waals surface area contributed by atoms with Gasteiger partial charge in [-0.25, -0.2) is 32.5 Å². The Labute approximate surface area is 204 Å². The van der Waals surface area contributed by atoms with Crippen LogP contribution in [0.1, 0.15) is 72.8 Å². The largest absolute Gasteiger partial charge is 0.373 e. The highest BCUT2D eigenvalue weighted by Crippen LogP contribution is 2.41. The highest BCUT2D eigenvalue weighted by atomic mass is 19.3. The van der Waals surface area contributed by atoms with Gasteiger partial charge in [-0.1, -0.05) is 0 Å². The minimum atomic E-state index is -2.85. The summed E-state index contributed by atoms with van der Waals surface area (Å²) < 4.78 is 63.6. The third kappa shape index (κ3) is 4.23. The van der Waals surface area contributed by atoms with Gasteiger partial charge < -0.3 is 4.74 Å². The number of fused-ring (bicyclic) bond motifs is 1. The van der Waals surface area contributed by atoms with Crippen molar-refractivity contribution in [3.05, 3.63) is 70.9 Å². The minimum Gasteiger partial charge on any atom is -0.373 e. The van der Waals surface area contributed by atoms with E-state index in [0.29, 0.717) is 36.7 Å². The van der Waals surface area contributed by atoms with Crippen LogP contribution in [0.3, 0.4) is 0 Å². The van der Waals surface area contributed by atoms with Gasteiger partial charge >= 0.3 is 0 Å². The average Bonchev–Trinajstić information content (AvgIpc) is 3.59. The Bertz CT molecular complexity index is 1450. The van der Waals surface area contributed by atoms with Crippen molar-refractivity contribution in [3.63, 3.8) is 0 Å². The van der Waals surface area contributed by atoms with E-state index in [1.807, 2.05) is 17.1 Å². The second-order valence-corrected chi connectivity index (χ2v) is 9.45. The zero-order chi connectivity index (χ0) is 25.0. The molecule has 1 saturated heterocycles. The molecule has 0 spiro atoms. The first-order chi connectivity index (χ1) is 17.4. The molecule has 1 saturated carbocycles. The summed E-state index contributed by atoms with van der Waals surface area (Å²) >= 11 is 0. The lowest BCUT2D eigenvalue weighted by atomic mass is 9.89. The molecule has 0 N–H and O–H groups in total. The Morgan fingerprint density at radius 1 is 1.06 bits per heavy atom. The summed E-state index contributed by atoms with van der Waals surface area (Å²) in [5.74, 6) is -1.64. The second kappa shape index (κ2) is 8.92. The summed E-state index contributed by atoms with van der Waals surface area (Å²) in [5, 5.41) is 4.46. The highest BCUT2D eigenvalue weighted by Gasteiger charge is 2.31. The molecule has 3 aromatic heterocycles. The van der Waals surface area contributed by atoms with Crippen LogP contribution in [0.5, 0.6) is 0 Å². The van der Waals surface area contributed by atoms with Crippen LogP contribution >= 0.6 is 0 Å². The van der Waals surface area contributed by atoms with Gasteiger partial charge in [0.2, 0.25) is 0 Å². The topological polar surface area (TPSA) is 65.7 Å². The molecule has 36 heavy (non-hydrogen) atoms. The van der Waals surface area contributed by atoms with E-state index in [9.17, 15) is 17.6 Å². The number of nitrogens with zero attached hydrogens (tertiary/aromatic N) is 5. The number of hydrogen-bond acceptors (Lipinski definition) is 5. The Hall–Kier alpha value is -3.40. The fourth-order valence-corrected chi connectivity index (χ4v) is 4.82. The van der Waals surface area contributed by atoms with Crippen molar-refractivity contribution < 1.29 is 22.3 Å². The summed E-state index contributed by atoms with van der Waals surface area (Å²) in [6.45, 7) is 1.97. The van der Waals surface area contributed by atoms with E-state index in [2.05, 4.69) is 15.1 Å². The smallest absolute Gasteiger partial charge is 0.282 e. The fraction of sp³-hybridized carbons (Fsp3) is 0.385. The number of pyridine rings is 1. The van der Waals surface area contributed by atoms with Crippen LogP contribution in [-0.2, 0) is 4.74 Å². The van der Waals surface area contributed by atoms with Gasteiger partial charge in [0, 0.05) is 41.6 Å². The number of aromatic nitrogens is 5. The van der Waals surface area contributed by atoms with Crippen molar-refractivity contribution in [1.29, 1.82) is 0 Å². The van der Waals surface area contributed by atoms with Crippen LogP contribution in [0.15, 0.2) is 36.7 Å². The lowest BCUT2D eigenvalue weighted by Crippen LogP contribution is -2.19. The van der Waals surface area contributed by atoms with Crippen LogP contribution in [0.4, 0.5) is 17.6 Å². The van der Waals surface area contributed by atoms with Crippen LogP contribution in [0, 0.1) is 18.6 Å². The standard InChI is InChI=1S/C26H23F4N5O/c1-13-23(26(29)30)34-25-21(32-13)10-20(33-24(25)18-5-2-16(27)9-19(18)28)14-6-7-36-22(8-14)15-11-31-35(12-15)17-3-4-17/h2,5,9-12,14,17,22,26H,3-4,6-8H2,1H3/t14-,22+/m0/s1. The molecule has 0 amide bonds. The molecule has 1 aliphatic heterocycles. The zero-order valence-corrected chi connectivity index (χ0v) is 19.5. The summed E-state index contributed by atoms with van der Waals surface area (Å²) in [5.41, 5.74) is 1.69. The lowest BCUT2D eigenvalue weighted by Gasteiger charge is -2.29. The molecule has 0 unspecified atom stereocenters. The van der Waals surface area contributed by atoms with Gasteiger partial charge in [0.25, 0.3) is 6.43 Å². The number of aryl methyl sites for hydroxylation is 1. The molecule has 0 bridgehead atoms. The maximum atomic E-state index is 14.8. The van der Waals surface area contributed by atoms with E-state index in [1.54, 1.807) is 6.07 Å². The van der Waals surface area contributed by atoms with E-state index in [-0.39, 0.29) is 34.5 Å². The fourth-order valence-electron chi connectivity index (χ4n) is 4.82. The van der Waals surface area contributed by atoms with Crippen LogP contribution < -0.4 is 0 Å². The predicted molar refractivity (Wildman–Crippen MR) is 124 cm³/mol. The molecule has 4 heterocycles. The Morgan fingerprint density at radius 3 is 2.64 bits per heavy atom. The number of halogens is 4. The van der Waals surface area contributed by atoms with Gasteiger partial charge in [0.15, 0.2) is 0 Å². The molecule has 186 valence electrons. The third-order valence-electron chi connectivity index (χ3n) is 6.89. The van der Waals surface area contributed by atoms with Crippen molar-refractivity contribution in [3.8, 4) is 11.3 Å². The number of alkyl halides is 2. The first-order valence-corrected chi connectivity index (χ1v) is 12.0. The molecule has 0 radical (unpaired) electrons. The van der Waals surface area contributed by atoms with Gasteiger partial charge in [0.1, 0.15) is 28.5 Å². The molecule has 1 aromatic carbocycles. The van der Waals surface area contributed by atoms with Crippen molar-refractivity contribution in [2.24, 2.45) is 0 Å². The second-order valence-electron chi connectivity index (χ2n) is 9.45. The molecule has 4 aromatic rings. The van der Waals surface area contributed by atoms with E-state index in [4.69, 9.17) is 9.72 Å². The number of ether oxygens (including phenoxy) is 1. The van der Waals surface area contributed by atoms with Gasteiger partial charge in [0.05, 0.1) is 29.6 Å². The molecular weight excluding hydrogens is 474 g/mol. The number of rotatable bonds is 5. The number of hydrogen-bond donors (Lipinski definition) is 0. The molecule has 6 rings (SSSR count). The van der Waals surface area contributed by atoms with E-state index in [0.717, 1.165) is 30.5 Å². The Kier molecular flexibility index (Phi) is 5.70. The third-order valence-corrected chi connectivity index (χ3v) is 6.89. The minimum absolute atomic E-state index is 0.0176. The van der Waals surface area contributed by atoms with Crippen molar-refractivity contribution >= 4 is 11.0 Å². The Balaban J connectivity index is 1.43. The summed E-state index contributed by atoms with van der Waals surface area (Å²) in [6, 6.07) is 5.30. The van der Waals surface area contributed by atoms with Crippen molar-refractivity contribution in [1.82, 2.24) is 24.7 Å². The maximum Gasteiger partial charge on any atom is 0.282 e. The average molecular weight is 497 g/mol. The molecule has 10 heteroatoms. The maximum absolute atomic E-state index is 14.8. The molecule has 6 nitrogen and oxygen atoms in total. The zero-order valence-electron chi connectivity index (χ0n) is 19.5. The molecule has 2 fully saturated rings. The molecule has 1 aliphatic carbocycles. The quantitative estimate of drug-likeness (QED) is 0.299. The first-order valence-electron chi connectivity index (χ1n) is 12.0. The van der Waals surface area contributed by atoms with Crippen LogP contribution in [0.2, 0.25) is 0 Å².